The SMILES string of the molecule is N#Cc1ccc(NC(=O)N2CCOC(C#N)C2)cc1. The molecule has 0 aromatic heterocycles. The van der Waals surface area contributed by atoms with Gasteiger partial charge in [-0.15, -0.1) is 0 Å². The highest BCUT2D eigenvalue weighted by Gasteiger charge is 2.23. The molecule has 0 saturated carbocycles. The number of nitrogens with one attached hydrogen (secondary N) is 1. The molecule has 1 aliphatic rings. The van der Waals surface area contributed by atoms with Crippen molar-refractivity contribution >= 4 is 11.7 Å². The minimum Gasteiger partial charge on any atom is -0.360 e. The zero-order chi connectivity index (χ0) is 13.7. The van der Waals surface area contributed by atoms with E-state index in [1.165, 1.54) is 4.90 Å². The van der Waals surface area contributed by atoms with Crippen LogP contribution in [0.2, 0.25) is 0 Å². The Morgan fingerprint density at radius 1 is 1.37 bits per heavy atom. The second kappa shape index (κ2) is 5.85. The van der Waals surface area contributed by atoms with Crippen LogP contribution in [0.5, 0.6) is 0 Å². The van der Waals surface area contributed by atoms with E-state index in [0.717, 1.165) is 0 Å². The van der Waals surface area contributed by atoms with E-state index in [-0.39, 0.29) is 12.6 Å². The summed E-state index contributed by atoms with van der Waals surface area (Å²) in [6.07, 6.45) is -0.569. The van der Waals surface area contributed by atoms with Gasteiger partial charge in [-0.3, -0.25) is 0 Å². The quantitative estimate of drug-likeness (QED) is 0.820. The van der Waals surface area contributed by atoms with Crippen LogP contribution in [0.3, 0.4) is 0 Å². The van der Waals surface area contributed by atoms with Gasteiger partial charge < -0.3 is 15.0 Å². The number of benzene rings is 1. The van der Waals surface area contributed by atoms with Gasteiger partial charge in [0.05, 0.1) is 30.9 Å². The Hall–Kier alpha value is -2.57. The molecule has 0 radical (unpaired) electrons. The molecule has 6 heteroatoms. The first-order valence-electron chi connectivity index (χ1n) is 5.80. The van der Waals surface area contributed by atoms with Crippen molar-refractivity contribution < 1.29 is 9.53 Å². The number of nitriles is 2. The van der Waals surface area contributed by atoms with Crippen molar-refractivity contribution in [3.05, 3.63) is 29.8 Å². The number of carbonyl (C=O) groups is 1. The largest absolute Gasteiger partial charge is 0.360 e. The summed E-state index contributed by atoms with van der Waals surface area (Å²) in [6.45, 7) is 1.08. The molecule has 96 valence electrons. The summed E-state index contributed by atoms with van der Waals surface area (Å²) in [5.74, 6) is 0. The highest BCUT2D eigenvalue weighted by atomic mass is 16.5. The van der Waals surface area contributed by atoms with E-state index in [2.05, 4.69) is 5.32 Å². The van der Waals surface area contributed by atoms with E-state index in [1.54, 1.807) is 24.3 Å². The van der Waals surface area contributed by atoms with Crippen molar-refractivity contribution in [1.29, 1.82) is 10.5 Å². The van der Waals surface area contributed by atoms with Gasteiger partial charge >= 0.3 is 6.03 Å². The lowest BCUT2D eigenvalue weighted by Crippen LogP contribution is -2.46. The molecule has 1 atom stereocenters. The number of nitrogens with zero attached hydrogens (tertiary/aromatic N) is 3. The molecule has 1 saturated heterocycles. The van der Waals surface area contributed by atoms with Crippen molar-refractivity contribution in [1.82, 2.24) is 4.90 Å². The van der Waals surface area contributed by atoms with Crippen LogP contribution < -0.4 is 5.32 Å². The molecule has 0 aliphatic carbocycles. The Balaban J connectivity index is 1.97. The topological polar surface area (TPSA) is 89.2 Å². The molecule has 1 heterocycles. The Morgan fingerprint density at radius 2 is 2.11 bits per heavy atom. The van der Waals surface area contributed by atoms with Gasteiger partial charge in [0, 0.05) is 12.2 Å². The van der Waals surface area contributed by atoms with Crippen molar-refractivity contribution in [2.75, 3.05) is 25.0 Å². The predicted octanol–water partition coefficient (Wildman–Crippen LogP) is 1.31. The highest BCUT2D eigenvalue weighted by molar-refractivity contribution is 5.89. The number of morpholine rings is 1. The third-order valence-corrected chi connectivity index (χ3v) is 2.76. The Morgan fingerprint density at radius 3 is 2.74 bits per heavy atom. The fourth-order valence-corrected chi connectivity index (χ4v) is 1.74. The van der Waals surface area contributed by atoms with Crippen molar-refractivity contribution in [2.45, 2.75) is 6.10 Å². The minimum atomic E-state index is -0.569. The van der Waals surface area contributed by atoms with Gasteiger partial charge in [0.15, 0.2) is 6.10 Å². The third-order valence-electron chi connectivity index (χ3n) is 2.76. The lowest BCUT2D eigenvalue weighted by Gasteiger charge is -2.29. The van der Waals surface area contributed by atoms with E-state index in [0.29, 0.717) is 24.4 Å². The van der Waals surface area contributed by atoms with Crippen molar-refractivity contribution in [2.24, 2.45) is 0 Å². The molecule has 1 fully saturated rings. The fourth-order valence-electron chi connectivity index (χ4n) is 1.74. The smallest absolute Gasteiger partial charge is 0.322 e. The van der Waals surface area contributed by atoms with Gasteiger partial charge in [-0.25, -0.2) is 4.79 Å². The summed E-state index contributed by atoms with van der Waals surface area (Å²) in [6, 6.07) is 10.3. The molecule has 1 aromatic rings. The Bertz CT molecular complexity index is 541. The monoisotopic (exact) mass is 256 g/mol. The molecule has 1 N–H and O–H groups in total. The lowest BCUT2D eigenvalue weighted by atomic mass is 10.2. The van der Waals surface area contributed by atoms with E-state index >= 15 is 0 Å². The molecule has 0 spiro atoms. The van der Waals surface area contributed by atoms with E-state index in [9.17, 15) is 4.79 Å². The summed E-state index contributed by atoms with van der Waals surface area (Å²) in [4.78, 5) is 13.5. The van der Waals surface area contributed by atoms with Crippen LogP contribution in [0.4, 0.5) is 10.5 Å². The van der Waals surface area contributed by atoms with Crippen LogP contribution >= 0.6 is 0 Å². The number of urea groups is 1. The first-order valence-corrected chi connectivity index (χ1v) is 5.80. The molecule has 0 bridgehead atoms. The summed E-state index contributed by atoms with van der Waals surface area (Å²) >= 11 is 0. The van der Waals surface area contributed by atoms with E-state index in [4.69, 9.17) is 15.3 Å². The van der Waals surface area contributed by atoms with Gasteiger partial charge in [0.25, 0.3) is 0 Å². The number of rotatable bonds is 1. The van der Waals surface area contributed by atoms with Gasteiger partial charge in [0.2, 0.25) is 0 Å². The average molecular weight is 256 g/mol. The first-order chi connectivity index (χ1) is 9.22. The molecule has 6 nitrogen and oxygen atoms in total. The molecule has 1 aliphatic heterocycles. The molecular weight excluding hydrogens is 244 g/mol. The van der Waals surface area contributed by atoms with Crippen LogP contribution in [0.1, 0.15) is 5.56 Å². The summed E-state index contributed by atoms with van der Waals surface area (Å²) < 4.78 is 5.17. The average Bonchev–Trinajstić information content (AvgIpc) is 2.48. The third kappa shape index (κ3) is 3.21. The van der Waals surface area contributed by atoms with E-state index < -0.39 is 6.10 Å². The first kappa shape index (κ1) is 12.9. The molecule has 19 heavy (non-hydrogen) atoms. The number of carbonyl (C=O) groups excluding carboxylic acids is 1. The number of hydrogen-bond donors (Lipinski definition) is 1. The zero-order valence-electron chi connectivity index (χ0n) is 10.2. The second-order valence-electron chi connectivity index (χ2n) is 4.05. The van der Waals surface area contributed by atoms with E-state index in [1.807, 2.05) is 12.1 Å². The maximum absolute atomic E-state index is 12.0. The summed E-state index contributed by atoms with van der Waals surface area (Å²) in [5.41, 5.74) is 1.15. The summed E-state index contributed by atoms with van der Waals surface area (Å²) in [5, 5.41) is 20.2. The Labute approximate surface area is 110 Å². The molecule has 1 unspecified atom stereocenters. The fraction of sp³-hybridized carbons (Fsp3) is 0.308. The van der Waals surface area contributed by atoms with Crippen LogP contribution in [-0.4, -0.2) is 36.7 Å². The van der Waals surface area contributed by atoms with Crippen LogP contribution in [-0.2, 0) is 4.74 Å². The lowest BCUT2D eigenvalue weighted by molar-refractivity contribution is 0.0181. The van der Waals surface area contributed by atoms with Crippen LogP contribution in [0.15, 0.2) is 24.3 Å². The number of hydrogen-bond acceptors (Lipinski definition) is 4. The maximum atomic E-state index is 12.0. The van der Waals surface area contributed by atoms with Crippen LogP contribution in [0, 0.1) is 22.7 Å². The zero-order valence-corrected chi connectivity index (χ0v) is 10.2. The molecule has 2 amide bonds. The highest BCUT2D eigenvalue weighted by Crippen LogP contribution is 2.11. The normalized spacial score (nSPS) is 18.2. The molecule has 1 aromatic carbocycles. The van der Waals surface area contributed by atoms with Gasteiger partial charge in [-0.05, 0) is 24.3 Å². The van der Waals surface area contributed by atoms with Gasteiger partial charge in [0.1, 0.15) is 0 Å². The summed E-state index contributed by atoms with van der Waals surface area (Å²) in [7, 11) is 0. The van der Waals surface area contributed by atoms with Crippen LogP contribution in [0.25, 0.3) is 0 Å². The number of anilines is 1. The maximum Gasteiger partial charge on any atom is 0.322 e. The van der Waals surface area contributed by atoms with Crippen molar-refractivity contribution in [3.63, 3.8) is 0 Å². The second-order valence-corrected chi connectivity index (χ2v) is 4.05. The Kier molecular flexibility index (Phi) is 3.97. The predicted molar refractivity (Wildman–Crippen MR) is 67.1 cm³/mol. The van der Waals surface area contributed by atoms with Crippen molar-refractivity contribution in [3.8, 4) is 12.1 Å². The number of ether oxygens (including phenoxy) is 1. The van der Waals surface area contributed by atoms with Gasteiger partial charge in [-0.1, -0.05) is 0 Å². The minimum absolute atomic E-state index is 0.263. The standard InChI is InChI=1S/C13H12N4O2/c14-7-10-1-3-11(4-2-10)16-13(18)17-5-6-19-12(8-15)9-17/h1-4,12H,5-6,9H2,(H,16,18). The molecule has 2 rings (SSSR count). The molecular formula is C13H12N4O2. The van der Waals surface area contributed by atoms with Gasteiger partial charge in [-0.2, -0.15) is 10.5 Å². The number of amides is 2.